The van der Waals surface area contributed by atoms with Gasteiger partial charge in [-0.05, 0) is 43.3 Å². The Morgan fingerprint density at radius 1 is 1.00 bits per heavy atom. The Balaban J connectivity index is 1.96. The maximum atomic E-state index is 12.1. The summed E-state index contributed by atoms with van der Waals surface area (Å²) >= 11 is 4.11. The van der Waals surface area contributed by atoms with Crippen LogP contribution in [-0.2, 0) is 9.53 Å². The highest BCUT2D eigenvalue weighted by molar-refractivity contribution is 7.81. The molecule has 0 bridgehead atoms. The zero-order valence-electron chi connectivity index (χ0n) is 12.8. The lowest BCUT2D eigenvalue weighted by Crippen LogP contribution is -2.21. The summed E-state index contributed by atoms with van der Waals surface area (Å²) in [5.41, 5.74) is 0.508. The summed E-state index contributed by atoms with van der Waals surface area (Å²) in [5.74, 6) is 0.724. The highest BCUT2D eigenvalue weighted by atomic mass is 32.1. The minimum absolute atomic E-state index is 0.000827. The number of ether oxygens (including phenoxy) is 2. The SMILES string of the molecule is CCOC(=O)C(S)CC(=O)c1ccc(Oc2ccccc2)cc1. The number of hydrogen-bond donors (Lipinski definition) is 1. The third-order valence-electron chi connectivity index (χ3n) is 3.09. The first kappa shape index (κ1) is 17.1. The van der Waals surface area contributed by atoms with E-state index < -0.39 is 11.2 Å². The molecule has 120 valence electrons. The van der Waals surface area contributed by atoms with Crippen molar-refractivity contribution in [3.8, 4) is 11.5 Å². The van der Waals surface area contributed by atoms with Crippen molar-refractivity contribution < 1.29 is 19.1 Å². The van der Waals surface area contributed by atoms with Crippen molar-refractivity contribution in [1.82, 2.24) is 0 Å². The van der Waals surface area contributed by atoms with Crippen molar-refractivity contribution >= 4 is 24.4 Å². The fraction of sp³-hybridized carbons (Fsp3) is 0.222. The molecule has 2 rings (SSSR count). The average Bonchev–Trinajstić information content (AvgIpc) is 2.56. The highest BCUT2D eigenvalue weighted by Gasteiger charge is 2.19. The topological polar surface area (TPSA) is 52.6 Å². The van der Waals surface area contributed by atoms with Crippen LogP contribution in [0, 0.1) is 0 Å². The molecular formula is C18H18O4S. The summed E-state index contributed by atoms with van der Waals surface area (Å²) in [5, 5.41) is -0.748. The smallest absolute Gasteiger partial charge is 0.319 e. The Hall–Kier alpha value is -2.27. The lowest BCUT2D eigenvalue weighted by molar-refractivity contribution is -0.142. The van der Waals surface area contributed by atoms with Crippen LogP contribution in [0.5, 0.6) is 11.5 Å². The van der Waals surface area contributed by atoms with Gasteiger partial charge >= 0.3 is 5.97 Å². The predicted molar refractivity (Wildman–Crippen MR) is 91.3 cm³/mol. The maximum Gasteiger partial charge on any atom is 0.319 e. The second-order valence-electron chi connectivity index (χ2n) is 4.83. The standard InChI is InChI=1S/C18H18O4S/c1-2-21-18(20)17(23)12-16(19)13-8-10-15(11-9-13)22-14-6-4-3-5-7-14/h3-11,17,23H,2,12H2,1H3. The van der Waals surface area contributed by atoms with E-state index in [1.165, 1.54) is 0 Å². The van der Waals surface area contributed by atoms with E-state index >= 15 is 0 Å². The summed E-state index contributed by atoms with van der Waals surface area (Å²) < 4.78 is 10.5. The number of esters is 1. The van der Waals surface area contributed by atoms with E-state index in [9.17, 15) is 9.59 Å². The van der Waals surface area contributed by atoms with Crippen LogP contribution in [0.25, 0.3) is 0 Å². The first-order valence-electron chi connectivity index (χ1n) is 7.31. The van der Waals surface area contributed by atoms with Crippen LogP contribution in [0.4, 0.5) is 0 Å². The summed E-state index contributed by atoms with van der Waals surface area (Å²) in [7, 11) is 0. The van der Waals surface area contributed by atoms with Gasteiger partial charge < -0.3 is 9.47 Å². The number of carbonyl (C=O) groups excluding carboxylic acids is 2. The van der Waals surface area contributed by atoms with Crippen molar-refractivity contribution in [3.05, 3.63) is 60.2 Å². The van der Waals surface area contributed by atoms with Crippen LogP contribution in [0.15, 0.2) is 54.6 Å². The molecule has 2 aromatic rings. The normalized spacial score (nSPS) is 11.6. The van der Waals surface area contributed by atoms with Crippen molar-refractivity contribution in [2.45, 2.75) is 18.6 Å². The zero-order chi connectivity index (χ0) is 16.7. The van der Waals surface area contributed by atoms with Gasteiger partial charge in [-0.3, -0.25) is 9.59 Å². The van der Waals surface area contributed by atoms with Crippen molar-refractivity contribution in [2.75, 3.05) is 6.61 Å². The molecule has 0 radical (unpaired) electrons. The number of ketones is 1. The molecule has 1 atom stereocenters. The van der Waals surface area contributed by atoms with Crippen LogP contribution in [0.3, 0.4) is 0 Å². The van der Waals surface area contributed by atoms with Crippen molar-refractivity contribution in [2.24, 2.45) is 0 Å². The first-order chi connectivity index (χ1) is 11.1. The van der Waals surface area contributed by atoms with E-state index in [0.717, 1.165) is 5.75 Å². The monoisotopic (exact) mass is 330 g/mol. The number of benzene rings is 2. The Morgan fingerprint density at radius 3 is 2.22 bits per heavy atom. The first-order valence-corrected chi connectivity index (χ1v) is 7.82. The van der Waals surface area contributed by atoms with Crippen LogP contribution in [0.1, 0.15) is 23.7 Å². The molecule has 0 heterocycles. The van der Waals surface area contributed by atoms with E-state index in [1.54, 1.807) is 31.2 Å². The number of carbonyl (C=O) groups is 2. The lowest BCUT2D eigenvalue weighted by Gasteiger charge is -2.09. The van der Waals surface area contributed by atoms with Gasteiger partial charge in [0.2, 0.25) is 0 Å². The largest absolute Gasteiger partial charge is 0.465 e. The van der Waals surface area contributed by atoms with Crippen molar-refractivity contribution in [1.29, 1.82) is 0 Å². The Morgan fingerprint density at radius 2 is 1.61 bits per heavy atom. The fourth-order valence-electron chi connectivity index (χ4n) is 1.95. The molecule has 1 unspecified atom stereocenters. The molecule has 0 saturated carbocycles. The molecule has 0 aliphatic heterocycles. The molecule has 0 amide bonds. The molecule has 0 spiro atoms. The number of rotatable bonds is 7. The van der Waals surface area contributed by atoms with Gasteiger partial charge in [0.25, 0.3) is 0 Å². The molecule has 23 heavy (non-hydrogen) atoms. The molecule has 5 heteroatoms. The third kappa shape index (κ3) is 5.14. The molecule has 2 aromatic carbocycles. The van der Waals surface area contributed by atoms with Crippen LogP contribution in [0.2, 0.25) is 0 Å². The molecular weight excluding hydrogens is 312 g/mol. The van der Waals surface area contributed by atoms with Gasteiger partial charge in [-0.2, -0.15) is 12.6 Å². The fourth-order valence-corrected chi connectivity index (χ4v) is 2.19. The van der Waals surface area contributed by atoms with Gasteiger partial charge in [0.15, 0.2) is 5.78 Å². The molecule has 0 fully saturated rings. The van der Waals surface area contributed by atoms with Gasteiger partial charge in [-0.1, -0.05) is 18.2 Å². The van der Waals surface area contributed by atoms with E-state index in [4.69, 9.17) is 9.47 Å². The quantitative estimate of drug-likeness (QED) is 0.475. The van der Waals surface area contributed by atoms with Crippen molar-refractivity contribution in [3.63, 3.8) is 0 Å². The molecule has 0 N–H and O–H groups in total. The lowest BCUT2D eigenvalue weighted by atomic mass is 10.1. The van der Waals surface area contributed by atoms with Crippen LogP contribution >= 0.6 is 12.6 Å². The van der Waals surface area contributed by atoms with E-state index in [1.807, 2.05) is 30.3 Å². The second-order valence-corrected chi connectivity index (χ2v) is 5.46. The van der Waals surface area contributed by atoms with Crippen LogP contribution in [-0.4, -0.2) is 23.6 Å². The van der Waals surface area contributed by atoms with E-state index in [2.05, 4.69) is 12.6 Å². The van der Waals surface area contributed by atoms with Gasteiger partial charge in [-0.25, -0.2) is 0 Å². The van der Waals surface area contributed by atoms with Gasteiger partial charge in [-0.15, -0.1) is 0 Å². The Bertz CT molecular complexity index is 652. The van der Waals surface area contributed by atoms with E-state index in [-0.39, 0.29) is 18.8 Å². The van der Waals surface area contributed by atoms with Gasteiger partial charge in [0.05, 0.1) is 6.61 Å². The molecule has 0 aliphatic rings. The number of para-hydroxylation sites is 1. The Kier molecular flexibility index (Phi) is 6.23. The van der Waals surface area contributed by atoms with Gasteiger partial charge in [0, 0.05) is 12.0 Å². The zero-order valence-corrected chi connectivity index (χ0v) is 13.7. The number of hydrogen-bond acceptors (Lipinski definition) is 5. The third-order valence-corrected chi connectivity index (χ3v) is 3.49. The number of Topliss-reactive ketones (excluding diaryl/α,β-unsaturated/α-hetero) is 1. The molecule has 4 nitrogen and oxygen atoms in total. The molecule has 0 aliphatic carbocycles. The molecule has 0 saturated heterocycles. The summed E-state index contributed by atoms with van der Waals surface area (Å²) in [6.45, 7) is 1.99. The maximum absolute atomic E-state index is 12.1. The Labute approximate surface area is 140 Å². The second kappa shape index (κ2) is 8.39. The minimum Gasteiger partial charge on any atom is -0.465 e. The molecule has 0 aromatic heterocycles. The summed E-state index contributed by atoms with van der Waals surface area (Å²) in [4.78, 5) is 23.6. The van der Waals surface area contributed by atoms with E-state index in [0.29, 0.717) is 11.3 Å². The summed E-state index contributed by atoms with van der Waals surface area (Å²) in [6, 6.07) is 16.2. The average molecular weight is 330 g/mol. The number of thiol groups is 1. The van der Waals surface area contributed by atoms with Crippen LogP contribution < -0.4 is 4.74 Å². The highest BCUT2D eigenvalue weighted by Crippen LogP contribution is 2.22. The summed E-state index contributed by atoms with van der Waals surface area (Å²) in [6.07, 6.45) is 0.000827. The predicted octanol–water partition coefficient (Wildman–Crippen LogP) is 3.91. The minimum atomic E-state index is -0.748. The van der Waals surface area contributed by atoms with Gasteiger partial charge in [0.1, 0.15) is 16.7 Å².